The van der Waals surface area contributed by atoms with Gasteiger partial charge in [0.15, 0.2) is 5.65 Å². The molecule has 1 amide bonds. The summed E-state index contributed by atoms with van der Waals surface area (Å²) in [4.78, 5) is 38.6. The standard InChI is InChI=1S/C21H30N4O4/c1-5-28-18(26)13-17-22-15-11-10-14(23-19(15)24-17)16-9-7-6-8-12-25(16)20(27)29-21(2,3)4/h10-11,16H,5-9,12-13H2,1-4H3,(H,22,23,24). The molecule has 1 fully saturated rings. The van der Waals surface area contributed by atoms with Crippen molar-refractivity contribution in [1.29, 1.82) is 0 Å². The number of esters is 1. The number of imidazole rings is 1. The van der Waals surface area contributed by atoms with E-state index >= 15 is 0 Å². The van der Waals surface area contributed by atoms with Gasteiger partial charge in [-0.1, -0.05) is 12.8 Å². The Hall–Kier alpha value is -2.64. The Morgan fingerprint density at radius 2 is 2.00 bits per heavy atom. The Balaban J connectivity index is 1.85. The molecule has 0 bridgehead atoms. The van der Waals surface area contributed by atoms with Crippen molar-refractivity contribution in [3.05, 3.63) is 23.7 Å². The molecular formula is C21H30N4O4. The molecule has 158 valence electrons. The van der Waals surface area contributed by atoms with Gasteiger partial charge in [0.25, 0.3) is 0 Å². The number of hydrogen-bond acceptors (Lipinski definition) is 6. The predicted molar refractivity (Wildman–Crippen MR) is 108 cm³/mol. The number of carbonyl (C=O) groups is 2. The van der Waals surface area contributed by atoms with Crippen LogP contribution in [0.25, 0.3) is 11.2 Å². The van der Waals surface area contributed by atoms with Gasteiger partial charge in [0.05, 0.1) is 23.9 Å². The van der Waals surface area contributed by atoms with Crippen LogP contribution in [-0.2, 0) is 20.7 Å². The molecule has 1 unspecified atom stereocenters. The lowest BCUT2D eigenvalue weighted by Gasteiger charge is -2.32. The quantitative estimate of drug-likeness (QED) is 0.779. The molecular weight excluding hydrogens is 372 g/mol. The van der Waals surface area contributed by atoms with E-state index in [1.165, 1.54) is 0 Å². The van der Waals surface area contributed by atoms with Crippen LogP contribution in [0.2, 0.25) is 0 Å². The molecule has 1 aliphatic rings. The largest absolute Gasteiger partial charge is 0.466 e. The number of nitrogens with one attached hydrogen (secondary N) is 1. The van der Waals surface area contributed by atoms with Crippen molar-refractivity contribution in [1.82, 2.24) is 19.9 Å². The van der Waals surface area contributed by atoms with Crippen molar-refractivity contribution in [2.24, 2.45) is 0 Å². The fourth-order valence-electron chi connectivity index (χ4n) is 3.53. The highest BCUT2D eigenvalue weighted by molar-refractivity contribution is 5.75. The third-order valence-corrected chi connectivity index (χ3v) is 4.76. The summed E-state index contributed by atoms with van der Waals surface area (Å²) in [6.07, 6.45) is 3.65. The van der Waals surface area contributed by atoms with Gasteiger partial charge in [-0.15, -0.1) is 0 Å². The van der Waals surface area contributed by atoms with Crippen LogP contribution in [0.15, 0.2) is 12.1 Å². The average Bonchev–Trinajstić information content (AvgIpc) is 2.85. The molecule has 3 heterocycles. The predicted octanol–water partition coefficient (Wildman–Crippen LogP) is 3.92. The summed E-state index contributed by atoms with van der Waals surface area (Å²) in [5.74, 6) is 0.194. The maximum absolute atomic E-state index is 12.8. The zero-order valence-electron chi connectivity index (χ0n) is 17.7. The second-order valence-electron chi connectivity index (χ2n) is 8.31. The van der Waals surface area contributed by atoms with Gasteiger partial charge in [-0.05, 0) is 52.7 Å². The van der Waals surface area contributed by atoms with E-state index < -0.39 is 5.60 Å². The van der Waals surface area contributed by atoms with E-state index in [4.69, 9.17) is 14.5 Å². The van der Waals surface area contributed by atoms with Gasteiger partial charge in [0.1, 0.15) is 17.8 Å². The smallest absolute Gasteiger partial charge is 0.410 e. The minimum absolute atomic E-state index is 0.0764. The van der Waals surface area contributed by atoms with Gasteiger partial charge in [-0.2, -0.15) is 0 Å². The monoisotopic (exact) mass is 402 g/mol. The van der Waals surface area contributed by atoms with E-state index in [2.05, 4.69) is 9.97 Å². The summed E-state index contributed by atoms with van der Waals surface area (Å²) in [7, 11) is 0. The lowest BCUT2D eigenvalue weighted by atomic mass is 10.1. The third-order valence-electron chi connectivity index (χ3n) is 4.76. The molecule has 8 heteroatoms. The normalized spacial score (nSPS) is 17.8. The number of ether oxygens (including phenoxy) is 2. The van der Waals surface area contributed by atoms with Gasteiger partial charge in [-0.3, -0.25) is 9.69 Å². The van der Waals surface area contributed by atoms with Crippen LogP contribution in [0.4, 0.5) is 4.79 Å². The van der Waals surface area contributed by atoms with Crippen LogP contribution in [-0.4, -0.2) is 50.7 Å². The van der Waals surface area contributed by atoms with Crippen LogP contribution in [0, 0.1) is 0 Å². The van der Waals surface area contributed by atoms with Gasteiger partial charge in [0.2, 0.25) is 0 Å². The van der Waals surface area contributed by atoms with Crippen LogP contribution >= 0.6 is 0 Å². The number of carbonyl (C=O) groups excluding carboxylic acids is 2. The number of nitrogens with zero attached hydrogens (tertiary/aromatic N) is 3. The molecule has 1 saturated heterocycles. The number of hydrogen-bond donors (Lipinski definition) is 1. The minimum atomic E-state index is -0.546. The number of aromatic amines is 1. The van der Waals surface area contributed by atoms with E-state index in [1.807, 2.05) is 32.9 Å². The summed E-state index contributed by atoms with van der Waals surface area (Å²) < 4.78 is 10.6. The minimum Gasteiger partial charge on any atom is -0.466 e. The number of likely N-dealkylation sites (tertiary alicyclic amines) is 1. The zero-order valence-corrected chi connectivity index (χ0v) is 17.7. The first kappa shape index (κ1) is 21.1. The summed E-state index contributed by atoms with van der Waals surface area (Å²) in [6, 6.07) is 3.67. The molecule has 3 rings (SSSR count). The molecule has 0 aromatic carbocycles. The number of rotatable bonds is 4. The number of aromatic nitrogens is 3. The SMILES string of the molecule is CCOC(=O)Cc1nc2nc(C3CCCCCN3C(=O)OC(C)(C)C)ccc2[nH]1. The third kappa shape index (κ3) is 5.46. The lowest BCUT2D eigenvalue weighted by Crippen LogP contribution is -2.39. The Kier molecular flexibility index (Phi) is 6.39. The molecule has 0 saturated carbocycles. The van der Waals surface area contributed by atoms with E-state index in [1.54, 1.807) is 11.8 Å². The topological polar surface area (TPSA) is 97.4 Å². The van der Waals surface area contributed by atoms with Crippen LogP contribution in [0.5, 0.6) is 0 Å². The molecule has 1 N–H and O–H groups in total. The van der Waals surface area contributed by atoms with Crippen molar-refractivity contribution >= 4 is 23.2 Å². The Bertz CT molecular complexity index is 871. The Morgan fingerprint density at radius 1 is 1.21 bits per heavy atom. The second-order valence-corrected chi connectivity index (χ2v) is 8.31. The Labute approximate surface area is 171 Å². The van der Waals surface area contributed by atoms with E-state index in [-0.39, 0.29) is 24.5 Å². The molecule has 1 atom stereocenters. The van der Waals surface area contributed by atoms with E-state index in [0.717, 1.165) is 36.9 Å². The van der Waals surface area contributed by atoms with Crippen LogP contribution in [0.3, 0.4) is 0 Å². The lowest BCUT2D eigenvalue weighted by molar-refractivity contribution is -0.142. The fraction of sp³-hybridized carbons (Fsp3) is 0.619. The average molecular weight is 402 g/mol. The molecule has 29 heavy (non-hydrogen) atoms. The second kappa shape index (κ2) is 8.80. The Morgan fingerprint density at radius 3 is 2.72 bits per heavy atom. The molecule has 0 spiro atoms. The first-order valence-electron chi connectivity index (χ1n) is 10.3. The van der Waals surface area contributed by atoms with Crippen LogP contribution in [0.1, 0.15) is 70.9 Å². The van der Waals surface area contributed by atoms with Crippen molar-refractivity contribution in [2.45, 2.75) is 71.4 Å². The molecule has 2 aromatic heterocycles. The molecule has 0 aliphatic carbocycles. The molecule has 2 aromatic rings. The van der Waals surface area contributed by atoms with Gasteiger partial charge in [0, 0.05) is 6.54 Å². The van der Waals surface area contributed by atoms with Gasteiger partial charge < -0.3 is 14.5 Å². The highest BCUT2D eigenvalue weighted by atomic mass is 16.6. The van der Waals surface area contributed by atoms with Crippen molar-refractivity contribution in [3.8, 4) is 0 Å². The highest BCUT2D eigenvalue weighted by Gasteiger charge is 2.31. The summed E-state index contributed by atoms with van der Waals surface area (Å²) >= 11 is 0. The molecule has 0 radical (unpaired) electrons. The van der Waals surface area contributed by atoms with Crippen molar-refractivity contribution in [2.75, 3.05) is 13.2 Å². The molecule has 8 nitrogen and oxygen atoms in total. The zero-order chi connectivity index (χ0) is 21.0. The number of fused-ring (bicyclic) bond motifs is 1. The van der Waals surface area contributed by atoms with Crippen molar-refractivity contribution < 1.29 is 19.1 Å². The number of pyridine rings is 1. The number of H-pyrrole nitrogens is 1. The van der Waals surface area contributed by atoms with E-state index in [0.29, 0.717) is 24.6 Å². The van der Waals surface area contributed by atoms with E-state index in [9.17, 15) is 9.59 Å². The maximum atomic E-state index is 12.8. The number of amides is 1. The summed E-state index contributed by atoms with van der Waals surface area (Å²) in [5, 5.41) is 0. The first-order valence-corrected chi connectivity index (χ1v) is 10.3. The first-order chi connectivity index (χ1) is 13.8. The highest BCUT2D eigenvalue weighted by Crippen LogP contribution is 2.31. The van der Waals surface area contributed by atoms with Crippen molar-refractivity contribution in [3.63, 3.8) is 0 Å². The molecule has 1 aliphatic heterocycles. The maximum Gasteiger partial charge on any atom is 0.410 e. The summed E-state index contributed by atoms with van der Waals surface area (Å²) in [6.45, 7) is 8.37. The van der Waals surface area contributed by atoms with Gasteiger partial charge in [-0.25, -0.2) is 14.8 Å². The fourth-order valence-corrected chi connectivity index (χ4v) is 3.53. The van der Waals surface area contributed by atoms with Crippen LogP contribution < -0.4 is 0 Å². The van der Waals surface area contributed by atoms with Gasteiger partial charge >= 0.3 is 12.1 Å². The summed E-state index contributed by atoms with van der Waals surface area (Å²) in [5.41, 5.74) is 1.54.